The van der Waals surface area contributed by atoms with E-state index in [9.17, 15) is 27.6 Å². The minimum absolute atomic E-state index is 0.00321. The molecule has 13 nitrogen and oxygen atoms in total. The van der Waals surface area contributed by atoms with E-state index in [-0.39, 0.29) is 45.7 Å². The van der Waals surface area contributed by atoms with E-state index in [0.29, 0.717) is 41.4 Å². The Morgan fingerprint density at radius 1 is 1.02 bits per heavy atom. The van der Waals surface area contributed by atoms with Crippen molar-refractivity contribution in [3.8, 4) is 28.1 Å². The number of carbonyl (C=O) groups excluding carboxylic acids is 3. The molecule has 0 aliphatic carbocycles. The van der Waals surface area contributed by atoms with Crippen molar-refractivity contribution in [2.75, 3.05) is 43.5 Å². The highest BCUT2D eigenvalue weighted by molar-refractivity contribution is 6.34. The molecule has 4 N–H and O–H groups in total. The summed E-state index contributed by atoms with van der Waals surface area (Å²) in [6, 6.07) is 11.4. The van der Waals surface area contributed by atoms with Crippen LogP contribution in [-0.4, -0.2) is 89.5 Å². The fraction of sp³-hybridized carbons (Fsp3) is 0.395. The first-order chi connectivity index (χ1) is 26.2. The summed E-state index contributed by atoms with van der Waals surface area (Å²) in [5.74, 6) is -0.304. The number of benzene rings is 2. The summed E-state index contributed by atoms with van der Waals surface area (Å²) in [6.45, 7) is 8.61. The normalized spacial score (nSPS) is 17.9. The molecule has 0 bridgehead atoms. The Labute approximate surface area is 320 Å². The minimum Gasteiger partial charge on any atom is -0.453 e. The van der Waals surface area contributed by atoms with Gasteiger partial charge >= 0.3 is 12.5 Å². The number of likely N-dealkylation sites (tertiary alicyclic amines) is 1. The second-order valence-corrected chi connectivity index (χ2v) is 14.2. The Kier molecular flexibility index (Phi) is 11.9. The van der Waals surface area contributed by atoms with E-state index in [1.165, 1.54) is 19.4 Å². The number of amides is 3. The van der Waals surface area contributed by atoms with Crippen LogP contribution in [0.25, 0.3) is 22.4 Å². The van der Waals surface area contributed by atoms with Crippen LogP contribution in [0.2, 0.25) is 5.02 Å². The average Bonchev–Trinajstić information content (AvgIpc) is 3.85. The van der Waals surface area contributed by atoms with Gasteiger partial charge in [0.05, 0.1) is 41.3 Å². The SMILES string of the molecule is COC(=O)NC(C(=O)N1CCCC1c1ncc(-c2ccc(-c3cc(Cl)c(NC(=O)c4ccc(N5CCNCC5C)nc4)cc3OC(F)(F)F)cc2)[nH]1)C(C)C. The van der Waals surface area contributed by atoms with Gasteiger partial charge in [-0.15, -0.1) is 13.2 Å². The molecule has 2 fully saturated rings. The molecule has 4 heterocycles. The van der Waals surface area contributed by atoms with Crippen LogP contribution in [0, 0.1) is 5.92 Å². The fourth-order valence-electron chi connectivity index (χ4n) is 6.82. The predicted octanol–water partition coefficient (Wildman–Crippen LogP) is 6.79. The molecule has 6 rings (SSSR count). The number of hydrogen-bond acceptors (Lipinski definition) is 9. The number of rotatable bonds is 10. The number of carbonyl (C=O) groups is 3. The van der Waals surface area contributed by atoms with Gasteiger partial charge in [-0.2, -0.15) is 0 Å². The van der Waals surface area contributed by atoms with Gasteiger partial charge in [0.1, 0.15) is 23.4 Å². The summed E-state index contributed by atoms with van der Waals surface area (Å²) >= 11 is 6.54. The third-order valence-corrected chi connectivity index (χ3v) is 10.0. The molecule has 0 spiro atoms. The van der Waals surface area contributed by atoms with Gasteiger partial charge in [-0.1, -0.05) is 49.7 Å². The fourth-order valence-corrected chi connectivity index (χ4v) is 7.04. The number of methoxy groups -OCH3 is 1. The van der Waals surface area contributed by atoms with Gasteiger partial charge in [-0.05, 0) is 55.0 Å². The lowest BCUT2D eigenvalue weighted by Gasteiger charge is -2.34. The Morgan fingerprint density at radius 2 is 1.76 bits per heavy atom. The first-order valence-electron chi connectivity index (χ1n) is 17.9. The Balaban J connectivity index is 1.19. The number of aromatic nitrogens is 3. The molecule has 17 heteroatoms. The molecule has 3 unspecified atom stereocenters. The highest BCUT2D eigenvalue weighted by Crippen LogP contribution is 2.41. The van der Waals surface area contributed by atoms with Crippen molar-refractivity contribution >= 4 is 41.0 Å². The second-order valence-electron chi connectivity index (χ2n) is 13.8. The molecular formula is C38H42ClF3N8O5. The van der Waals surface area contributed by atoms with Crippen LogP contribution in [0.1, 0.15) is 55.8 Å². The number of H-pyrrole nitrogens is 1. The zero-order chi connectivity index (χ0) is 39.4. The van der Waals surface area contributed by atoms with Crippen molar-refractivity contribution < 1.29 is 37.0 Å². The summed E-state index contributed by atoms with van der Waals surface area (Å²) in [4.78, 5) is 54.7. The van der Waals surface area contributed by atoms with Crippen molar-refractivity contribution in [1.82, 2.24) is 30.5 Å². The van der Waals surface area contributed by atoms with E-state index in [4.69, 9.17) is 16.3 Å². The smallest absolute Gasteiger partial charge is 0.453 e. The van der Waals surface area contributed by atoms with E-state index >= 15 is 0 Å². The zero-order valence-electron chi connectivity index (χ0n) is 30.7. The van der Waals surface area contributed by atoms with E-state index < -0.39 is 30.2 Å². The Morgan fingerprint density at radius 3 is 2.42 bits per heavy atom. The highest BCUT2D eigenvalue weighted by atomic mass is 35.5. The summed E-state index contributed by atoms with van der Waals surface area (Å²) in [5, 5.41) is 8.52. The van der Waals surface area contributed by atoms with Gasteiger partial charge in [0.15, 0.2) is 0 Å². The monoisotopic (exact) mass is 782 g/mol. The molecule has 4 aromatic rings. The summed E-state index contributed by atoms with van der Waals surface area (Å²) in [7, 11) is 1.24. The zero-order valence-corrected chi connectivity index (χ0v) is 31.4. The van der Waals surface area contributed by atoms with E-state index in [1.54, 1.807) is 47.5 Å². The third kappa shape index (κ3) is 9.14. The van der Waals surface area contributed by atoms with Crippen LogP contribution in [0.4, 0.5) is 29.5 Å². The summed E-state index contributed by atoms with van der Waals surface area (Å²) < 4.78 is 50.1. The maximum absolute atomic E-state index is 13.6. The Hall–Kier alpha value is -5.35. The quantitative estimate of drug-likeness (QED) is 0.136. The maximum atomic E-state index is 13.6. The molecule has 2 aromatic carbocycles. The summed E-state index contributed by atoms with van der Waals surface area (Å²) in [5.41, 5.74) is 1.86. The average molecular weight is 783 g/mol. The number of aromatic amines is 1. The van der Waals surface area contributed by atoms with Crippen LogP contribution < -0.4 is 25.6 Å². The van der Waals surface area contributed by atoms with Crippen LogP contribution in [-0.2, 0) is 9.53 Å². The first-order valence-corrected chi connectivity index (χ1v) is 18.2. The number of alkyl halides is 3. The van der Waals surface area contributed by atoms with Gasteiger partial charge < -0.3 is 40.2 Å². The lowest BCUT2D eigenvalue weighted by molar-refractivity contribution is -0.274. The largest absolute Gasteiger partial charge is 0.573 e. The minimum atomic E-state index is -5.03. The van der Waals surface area contributed by atoms with E-state index in [2.05, 4.69) is 47.5 Å². The topological polar surface area (TPSA) is 154 Å². The van der Waals surface area contributed by atoms with Gasteiger partial charge in [-0.3, -0.25) is 9.59 Å². The lowest BCUT2D eigenvalue weighted by atomic mass is 10.0. The number of anilines is 2. The first kappa shape index (κ1) is 39.3. The van der Waals surface area contributed by atoms with Crippen LogP contribution in [0.3, 0.4) is 0 Å². The van der Waals surface area contributed by atoms with Crippen LogP contribution >= 0.6 is 11.6 Å². The number of nitrogens with one attached hydrogen (secondary N) is 4. The van der Waals surface area contributed by atoms with E-state index in [0.717, 1.165) is 32.1 Å². The van der Waals surface area contributed by atoms with Crippen LogP contribution in [0.15, 0.2) is 60.9 Å². The highest BCUT2D eigenvalue weighted by Gasteiger charge is 2.38. The summed E-state index contributed by atoms with van der Waals surface area (Å²) in [6.07, 6.45) is -1.27. The standard InChI is InChI=1S/C38H42ClF3N8O5/c1-21(2)33(48-37(53)54-4)36(52)50-14-5-6-30(50)34-45-20-29(46-34)24-9-7-23(8-10-24)26-16-27(39)28(17-31(26)55-38(40,41)42)47-35(51)25-11-12-32(44-19-25)49-15-13-43-18-22(49)3/h7-12,16-17,19-22,30,33,43H,5-6,13-15,18H2,1-4H3,(H,45,46)(H,47,51)(H,48,53). The van der Waals surface area contributed by atoms with Gasteiger partial charge in [0, 0.05) is 50.0 Å². The molecular weight excluding hydrogens is 741 g/mol. The number of ether oxygens (including phenoxy) is 2. The molecule has 0 radical (unpaired) electrons. The number of pyridine rings is 1. The van der Waals surface area contributed by atoms with Crippen molar-refractivity contribution in [2.24, 2.45) is 5.92 Å². The molecule has 3 atom stereocenters. The molecule has 2 aromatic heterocycles. The van der Waals surface area contributed by atoms with Gasteiger partial charge in [0.25, 0.3) is 5.91 Å². The molecule has 55 heavy (non-hydrogen) atoms. The molecule has 2 aliphatic heterocycles. The molecule has 0 saturated carbocycles. The molecule has 3 amide bonds. The van der Waals surface area contributed by atoms with Crippen molar-refractivity contribution in [3.63, 3.8) is 0 Å². The number of halogens is 4. The van der Waals surface area contributed by atoms with Crippen LogP contribution in [0.5, 0.6) is 5.75 Å². The number of alkyl carbamates (subject to hydrolysis) is 1. The van der Waals surface area contributed by atoms with Gasteiger partial charge in [-0.25, -0.2) is 14.8 Å². The Bertz CT molecular complexity index is 2010. The van der Waals surface area contributed by atoms with Crippen molar-refractivity contribution in [1.29, 1.82) is 0 Å². The number of hydrogen-bond donors (Lipinski definition) is 4. The number of nitrogens with zero attached hydrogens (tertiary/aromatic N) is 4. The number of piperazine rings is 1. The van der Waals surface area contributed by atoms with E-state index in [1.807, 2.05) is 13.8 Å². The molecule has 2 aliphatic rings. The van der Waals surface area contributed by atoms with Gasteiger partial charge in [0.2, 0.25) is 5.91 Å². The lowest BCUT2D eigenvalue weighted by Crippen LogP contribution is -2.51. The van der Waals surface area contributed by atoms with Crippen molar-refractivity contribution in [3.05, 3.63) is 77.3 Å². The van der Waals surface area contributed by atoms with Crippen molar-refractivity contribution in [2.45, 2.75) is 58.1 Å². The molecule has 292 valence electrons. The second kappa shape index (κ2) is 16.6. The molecule has 2 saturated heterocycles. The number of imidazole rings is 1. The maximum Gasteiger partial charge on any atom is 0.573 e. The predicted molar refractivity (Wildman–Crippen MR) is 201 cm³/mol. The third-order valence-electron chi connectivity index (χ3n) is 9.69.